The van der Waals surface area contributed by atoms with E-state index in [0.717, 1.165) is 38.5 Å². The lowest BCUT2D eigenvalue weighted by molar-refractivity contribution is 0.0269. The lowest BCUT2D eigenvalue weighted by Crippen LogP contribution is -2.32. The molecule has 0 aliphatic carbocycles. The number of ether oxygens (including phenoxy) is 1. The van der Waals surface area contributed by atoms with Gasteiger partial charge in [-0.15, -0.1) is 11.3 Å². The standard InChI is InChI=1S/C15H21N3OS/c1-3-19-14-8-17(10-15-12(2)16-11-20-15)7-13-5-4-6-18(13)9-14/h4-6,11,14H,3,7-10H2,1-2H3. The van der Waals surface area contributed by atoms with Gasteiger partial charge in [-0.1, -0.05) is 0 Å². The molecule has 2 aromatic heterocycles. The maximum absolute atomic E-state index is 5.89. The summed E-state index contributed by atoms with van der Waals surface area (Å²) in [5.41, 5.74) is 4.46. The first kappa shape index (κ1) is 13.8. The van der Waals surface area contributed by atoms with Crippen LogP contribution in [-0.2, 0) is 24.4 Å². The van der Waals surface area contributed by atoms with Crippen molar-refractivity contribution in [3.8, 4) is 0 Å². The molecule has 0 saturated carbocycles. The molecule has 0 N–H and O–H groups in total. The van der Waals surface area contributed by atoms with Gasteiger partial charge in [0.25, 0.3) is 0 Å². The van der Waals surface area contributed by atoms with Gasteiger partial charge in [-0.25, -0.2) is 4.98 Å². The van der Waals surface area contributed by atoms with Crippen molar-refractivity contribution in [1.29, 1.82) is 0 Å². The largest absolute Gasteiger partial charge is 0.375 e. The maximum atomic E-state index is 5.89. The molecule has 0 bridgehead atoms. The van der Waals surface area contributed by atoms with Gasteiger partial charge in [0.2, 0.25) is 0 Å². The zero-order valence-corrected chi connectivity index (χ0v) is 12.9. The van der Waals surface area contributed by atoms with Crippen molar-refractivity contribution in [2.45, 2.75) is 39.6 Å². The highest BCUT2D eigenvalue weighted by molar-refractivity contribution is 7.09. The third-order valence-electron chi connectivity index (χ3n) is 3.79. The molecule has 0 radical (unpaired) electrons. The van der Waals surface area contributed by atoms with Gasteiger partial charge in [0.05, 0.1) is 17.3 Å². The number of hydrogen-bond acceptors (Lipinski definition) is 4. The maximum Gasteiger partial charge on any atom is 0.0880 e. The van der Waals surface area contributed by atoms with Gasteiger partial charge in [0.15, 0.2) is 0 Å². The highest BCUT2D eigenvalue weighted by atomic mass is 32.1. The molecule has 1 aliphatic rings. The van der Waals surface area contributed by atoms with Crippen molar-refractivity contribution in [3.63, 3.8) is 0 Å². The lowest BCUT2D eigenvalue weighted by Gasteiger charge is -2.23. The monoisotopic (exact) mass is 291 g/mol. The minimum Gasteiger partial charge on any atom is -0.375 e. The predicted octanol–water partition coefficient (Wildman–Crippen LogP) is 2.67. The Labute approximate surface area is 124 Å². The van der Waals surface area contributed by atoms with Crippen molar-refractivity contribution in [3.05, 3.63) is 40.1 Å². The van der Waals surface area contributed by atoms with Crippen LogP contribution in [0.2, 0.25) is 0 Å². The Kier molecular flexibility index (Phi) is 4.19. The Bertz CT molecular complexity index is 563. The van der Waals surface area contributed by atoms with Crippen LogP contribution in [0.25, 0.3) is 0 Å². The molecular formula is C15H21N3OS. The molecule has 4 nitrogen and oxygen atoms in total. The number of fused-ring (bicyclic) bond motifs is 1. The molecule has 108 valence electrons. The van der Waals surface area contributed by atoms with Crippen LogP contribution in [0.5, 0.6) is 0 Å². The molecule has 1 atom stereocenters. The summed E-state index contributed by atoms with van der Waals surface area (Å²) < 4.78 is 8.21. The molecule has 20 heavy (non-hydrogen) atoms. The highest BCUT2D eigenvalue weighted by Gasteiger charge is 2.22. The van der Waals surface area contributed by atoms with E-state index in [0.29, 0.717) is 0 Å². The third-order valence-corrected chi connectivity index (χ3v) is 4.71. The fourth-order valence-corrected chi connectivity index (χ4v) is 3.59. The Morgan fingerprint density at radius 1 is 1.45 bits per heavy atom. The molecule has 2 aromatic rings. The molecular weight excluding hydrogens is 270 g/mol. The van der Waals surface area contributed by atoms with E-state index >= 15 is 0 Å². The Morgan fingerprint density at radius 3 is 3.10 bits per heavy atom. The van der Waals surface area contributed by atoms with E-state index in [1.54, 1.807) is 11.3 Å². The van der Waals surface area contributed by atoms with Crippen LogP contribution in [0, 0.1) is 6.92 Å². The Balaban J connectivity index is 1.78. The van der Waals surface area contributed by atoms with Crippen molar-refractivity contribution in [1.82, 2.24) is 14.5 Å². The number of nitrogens with zero attached hydrogens (tertiary/aromatic N) is 3. The van der Waals surface area contributed by atoms with E-state index in [9.17, 15) is 0 Å². The van der Waals surface area contributed by atoms with Crippen LogP contribution >= 0.6 is 11.3 Å². The van der Waals surface area contributed by atoms with Crippen molar-refractivity contribution < 1.29 is 4.74 Å². The molecule has 1 unspecified atom stereocenters. The summed E-state index contributed by atoms with van der Waals surface area (Å²) in [6.45, 7) is 8.81. The van der Waals surface area contributed by atoms with E-state index in [4.69, 9.17) is 4.74 Å². The first-order chi connectivity index (χ1) is 9.76. The Hall–Kier alpha value is -1.17. The summed E-state index contributed by atoms with van der Waals surface area (Å²) in [7, 11) is 0. The summed E-state index contributed by atoms with van der Waals surface area (Å²) in [5.74, 6) is 0. The van der Waals surface area contributed by atoms with Gasteiger partial charge in [0, 0.05) is 49.6 Å². The summed E-state index contributed by atoms with van der Waals surface area (Å²) >= 11 is 1.75. The first-order valence-corrected chi connectivity index (χ1v) is 8.01. The normalized spacial score (nSPS) is 19.8. The molecule has 0 aromatic carbocycles. The number of aromatic nitrogens is 2. The molecule has 0 spiro atoms. The fourth-order valence-electron chi connectivity index (χ4n) is 2.77. The minimum atomic E-state index is 0.266. The van der Waals surface area contributed by atoms with Crippen molar-refractivity contribution in [2.24, 2.45) is 0 Å². The van der Waals surface area contributed by atoms with E-state index in [1.165, 1.54) is 10.6 Å². The molecule has 1 aliphatic heterocycles. The topological polar surface area (TPSA) is 30.3 Å². The van der Waals surface area contributed by atoms with Gasteiger partial charge >= 0.3 is 0 Å². The van der Waals surface area contributed by atoms with Gasteiger partial charge in [0.1, 0.15) is 0 Å². The first-order valence-electron chi connectivity index (χ1n) is 7.13. The Morgan fingerprint density at radius 2 is 2.35 bits per heavy atom. The van der Waals surface area contributed by atoms with Crippen LogP contribution in [0.4, 0.5) is 0 Å². The van der Waals surface area contributed by atoms with Gasteiger partial charge in [-0.3, -0.25) is 4.90 Å². The van der Waals surface area contributed by atoms with Gasteiger partial charge < -0.3 is 9.30 Å². The zero-order chi connectivity index (χ0) is 13.9. The second-order valence-electron chi connectivity index (χ2n) is 5.26. The highest BCUT2D eigenvalue weighted by Crippen LogP contribution is 2.20. The quantitative estimate of drug-likeness (QED) is 0.867. The van der Waals surface area contributed by atoms with Crippen LogP contribution < -0.4 is 0 Å². The molecule has 0 saturated heterocycles. The SMILES string of the molecule is CCOC1CN(Cc2scnc2C)Cc2cccn2C1. The van der Waals surface area contributed by atoms with E-state index in [-0.39, 0.29) is 6.10 Å². The molecule has 0 amide bonds. The molecule has 0 fully saturated rings. The van der Waals surface area contributed by atoms with Gasteiger partial charge in [-0.05, 0) is 26.0 Å². The third kappa shape index (κ3) is 2.95. The fraction of sp³-hybridized carbons (Fsp3) is 0.533. The van der Waals surface area contributed by atoms with Crippen LogP contribution in [0.1, 0.15) is 23.2 Å². The number of hydrogen-bond donors (Lipinski definition) is 0. The van der Waals surface area contributed by atoms with Crippen LogP contribution in [0.3, 0.4) is 0 Å². The average molecular weight is 291 g/mol. The molecule has 3 heterocycles. The van der Waals surface area contributed by atoms with Crippen molar-refractivity contribution in [2.75, 3.05) is 13.2 Å². The second kappa shape index (κ2) is 6.08. The van der Waals surface area contributed by atoms with Crippen molar-refractivity contribution >= 4 is 11.3 Å². The van der Waals surface area contributed by atoms with E-state index in [1.807, 2.05) is 5.51 Å². The number of thiazole rings is 1. The number of aryl methyl sites for hydroxylation is 1. The minimum absolute atomic E-state index is 0.266. The van der Waals surface area contributed by atoms with Crippen LogP contribution in [-0.4, -0.2) is 33.7 Å². The smallest absolute Gasteiger partial charge is 0.0880 e. The predicted molar refractivity (Wildman–Crippen MR) is 80.8 cm³/mol. The van der Waals surface area contributed by atoms with Crippen LogP contribution in [0.15, 0.2) is 23.8 Å². The van der Waals surface area contributed by atoms with E-state index in [2.05, 4.69) is 46.6 Å². The lowest BCUT2D eigenvalue weighted by atomic mass is 10.3. The van der Waals surface area contributed by atoms with Gasteiger partial charge in [-0.2, -0.15) is 0 Å². The zero-order valence-electron chi connectivity index (χ0n) is 12.1. The van der Waals surface area contributed by atoms with E-state index < -0.39 is 0 Å². The summed E-state index contributed by atoms with van der Waals surface area (Å²) in [4.78, 5) is 8.18. The summed E-state index contributed by atoms with van der Waals surface area (Å²) in [5, 5.41) is 0. The average Bonchev–Trinajstić information content (AvgIpc) is 2.97. The second-order valence-corrected chi connectivity index (χ2v) is 6.20. The summed E-state index contributed by atoms with van der Waals surface area (Å²) in [6, 6.07) is 4.33. The number of rotatable bonds is 4. The molecule has 5 heteroatoms. The molecule has 3 rings (SSSR count). The summed E-state index contributed by atoms with van der Waals surface area (Å²) in [6.07, 6.45) is 2.42.